The van der Waals surface area contributed by atoms with E-state index in [-0.39, 0.29) is 11.9 Å². The van der Waals surface area contributed by atoms with Gasteiger partial charge in [-0.25, -0.2) is 4.68 Å². The molecular formula is C30H37N5O. The molecule has 5 rings (SSSR count). The number of carbonyl (C=O) groups is 1. The van der Waals surface area contributed by atoms with Crippen molar-refractivity contribution in [2.24, 2.45) is 0 Å². The van der Waals surface area contributed by atoms with Crippen LogP contribution >= 0.6 is 0 Å². The molecule has 0 unspecified atom stereocenters. The van der Waals surface area contributed by atoms with E-state index in [0.717, 1.165) is 57.7 Å². The second kappa shape index (κ2) is 11.2. The lowest BCUT2D eigenvalue weighted by Gasteiger charge is -2.33. The molecule has 0 bridgehead atoms. The highest BCUT2D eigenvalue weighted by Gasteiger charge is 2.22. The van der Waals surface area contributed by atoms with Crippen LogP contribution in [0.15, 0.2) is 67.0 Å². The Hall–Kier alpha value is -3.22. The molecule has 1 aromatic heterocycles. The first-order valence-electron chi connectivity index (χ1n) is 13.1. The summed E-state index contributed by atoms with van der Waals surface area (Å²) in [6.07, 6.45) is 9.29. The minimum atomic E-state index is 0.149. The lowest BCUT2D eigenvalue weighted by Crippen LogP contribution is -2.47. The van der Waals surface area contributed by atoms with Crippen molar-refractivity contribution in [2.45, 2.75) is 45.7 Å². The van der Waals surface area contributed by atoms with Gasteiger partial charge in [-0.3, -0.25) is 14.6 Å². The summed E-state index contributed by atoms with van der Waals surface area (Å²) >= 11 is 0. The van der Waals surface area contributed by atoms with Gasteiger partial charge in [-0.05, 0) is 67.5 Å². The maximum absolute atomic E-state index is 12.7. The van der Waals surface area contributed by atoms with E-state index in [2.05, 4.69) is 94.9 Å². The Labute approximate surface area is 214 Å². The number of hydrogen-bond acceptors (Lipinski definition) is 4. The summed E-state index contributed by atoms with van der Waals surface area (Å²) < 4.78 is 1.95. The normalized spacial score (nSPS) is 17.7. The number of likely N-dealkylation sites (tertiary alicyclic amines) is 1. The van der Waals surface area contributed by atoms with Crippen LogP contribution in [0, 0.1) is 13.8 Å². The summed E-state index contributed by atoms with van der Waals surface area (Å²) in [4.78, 5) is 17.4. The summed E-state index contributed by atoms with van der Waals surface area (Å²) in [5.41, 5.74) is 7.49. The number of hydrogen-bond donors (Lipinski definition) is 1. The van der Waals surface area contributed by atoms with Gasteiger partial charge in [0, 0.05) is 50.5 Å². The van der Waals surface area contributed by atoms with Crippen LogP contribution in [0.4, 0.5) is 0 Å². The summed E-state index contributed by atoms with van der Waals surface area (Å²) in [5, 5.41) is 7.87. The monoisotopic (exact) mass is 483 g/mol. The number of aromatic nitrogens is 2. The molecule has 1 saturated heterocycles. The maximum atomic E-state index is 12.7. The second-order valence-corrected chi connectivity index (χ2v) is 10.3. The zero-order valence-corrected chi connectivity index (χ0v) is 21.5. The molecule has 1 amide bonds. The van der Waals surface area contributed by atoms with Crippen LogP contribution in [0.3, 0.4) is 0 Å². The summed E-state index contributed by atoms with van der Waals surface area (Å²) in [6, 6.07) is 17.3. The van der Waals surface area contributed by atoms with Crippen LogP contribution in [0.5, 0.6) is 0 Å². The number of piperidine rings is 1. The number of benzene rings is 2. The standard InChI is InChI=1S/C30H37N5O/c1-23-8-9-29(18-24(23)2)35-21-27(19-31-35)26-10-14-34(15-11-26)22-30(36)32-28-12-16-33(17-13-28)20-25-6-4-3-5-7-25/h3-10,18-19,21,28H,11-17,20,22H2,1-2H3,(H,32,36). The molecule has 0 saturated carbocycles. The van der Waals surface area contributed by atoms with Gasteiger partial charge in [0.1, 0.15) is 0 Å². The molecule has 6 heteroatoms. The number of rotatable bonds is 7. The molecule has 1 fully saturated rings. The topological polar surface area (TPSA) is 53.4 Å². The fourth-order valence-corrected chi connectivity index (χ4v) is 5.17. The number of nitrogens with one attached hydrogen (secondary N) is 1. The summed E-state index contributed by atoms with van der Waals surface area (Å²) in [7, 11) is 0. The third kappa shape index (κ3) is 6.12. The zero-order chi connectivity index (χ0) is 24.9. The van der Waals surface area contributed by atoms with Gasteiger partial charge in [-0.2, -0.15) is 5.10 Å². The Kier molecular flexibility index (Phi) is 7.63. The van der Waals surface area contributed by atoms with E-state index in [1.807, 2.05) is 10.9 Å². The highest BCUT2D eigenvalue weighted by Crippen LogP contribution is 2.23. The maximum Gasteiger partial charge on any atom is 0.234 e. The molecule has 3 aromatic rings. The lowest BCUT2D eigenvalue weighted by molar-refractivity contribution is -0.123. The van der Waals surface area contributed by atoms with Gasteiger partial charge in [0.15, 0.2) is 0 Å². The third-order valence-corrected chi connectivity index (χ3v) is 7.57. The Bertz CT molecular complexity index is 1210. The molecule has 3 heterocycles. The summed E-state index contributed by atoms with van der Waals surface area (Å²) in [6.45, 7) is 9.48. The third-order valence-electron chi connectivity index (χ3n) is 7.57. The van der Waals surface area contributed by atoms with Crippen LogP contribution in [0.2, 0.25) is 0 Å². The molecule has 0 aliphatic carbocycles. The van der Waals surface area contributed by atoms with Gasteiger partial charge in [-0.1, -0.05) is 42.5 Å². The van der Waals surface area contributed by atoms with Crippen LogP contribution in [0.25, 0.3) is 11.3 Å². The lowest BCUT2D eigenvalue weighted by atomic mass is 10.0. The highest BCUT2D eigenvalue weighted by atomic mass is 16.2. The fraction of sp³-hybridized carbons (Fsp3) is 0.400. The summed E-state index contributed by atoms with van der Waals surface area (Å²) in [5.74, 6) is 0.149. The molecule has 36 heavy (non-hydrogen) atoms. The Balaban J connectivity index is 1.07. The number of amides is 1. The Morgan fingerprint density at radius 3 is 2.53 bits per heavy atom. The van der Waals surface area contributed by atoms with Crippen LogP contribution in [-0.2, 0) is 11.3 Å². The molecule has 0 atom stereocenters. The molecule has 6 nitrogen and oxygen atoms in total. The van der Waals surface area contributed by atoms with Gasteiger partial charge in [0.2, 0.25) is 5.91 Å². The zero-order valence-electron chi connectivity index (χ0n) is 21.5. The van der Waals surface area contributed by atoms with E-state index < -0.39 is 0 Å². The van der Waals surface area contributed by atoms with Crippen molar-refractivity contribution < 1.29 is 4.79 Å². The van der Waals surface area contributed by atoms with Crippen molar-refractivity contribution in [1.29, 1.82) is 0 Å². The predicted molar refractivity (Wildman–Crippen MR) is 145 cm³/mol. The second-order valence-electron chi connectivity index (χ2n) is 10.3. The van der Waals surface area contributed by atoms with E-state index in [9.17, 15) is 4.79 Å². The molecule has 2 aliphatic heterocycles. The first-order valence-corrected chi connectivity index (χ1v) is 13.1. The van der Waals surface area contributed by atoms with Gasteiger partial charge in [0.25, 0.3) is 0 Å². The van der Waals surface area contributed by atoms with Crippen molar-refractivity contribution in [1.82, 2.24) is 24.9 Å². The Morgan fingerprint density at radius 2 is 1.81 bits per heavy atom. The molecular weight excluding hydrogens is 446 g/mol. The first-order chi connectivity index (χ1) is 17.5. The minimum Gasteiger partial charge on any atom is -0.352 e. The SMILES string of the molecule is Cc1ccc(-n2cc(C3=CCN(CC(=O)NC4CCN(Cc5ccccc5)CC4)CC3)cn2)cc1C. The van der Waals surface area contributed by atoms with E-state index in [4.69, 9.17) is 0 Å². The van der Waals surface area contributed by atoms with Crippen molar-refractivity contribution in [3.8, 4) is 5.69 Å². The molecule has 0 radical (unpaired) electrons. The van der Waals surface area contributed by atoms with Gasteiger partial charge in [-0.15, -0.1) is 0 Å². The van der Waals surface area contributed by atoms with E-state index in [1.165, 1.54) is 27.8 Å². The van der Waals surface area contributed by atoms with Crippen LogP contribution in [0.1, 0.15) is 41.5 Å². The van der Waals surface area contributed by atoms with E-state index >= 15 is 0 Å². The highest BCUT2D eigenvalue weighted by molar-refractivity contribution is 5.78. The molecule has 2 aromatic carbocycles. The van der Waals surface area contributed by atoms with Crippen LogP contribution in [-0.4, -0.2) is 64.3 Å². The fourth-order valence-electron chi connectivity index (χ4n) is 5.17. The van der Waals surface area contributed by atoms with Gasteiger partial charge >= 0.3 is 0 Å². The van der Waals surface area contributed by atoms with Crippen LogP contribution < -0.4 is 5.32 Å². The average molecular weight is 484 g/mol. The molecule has 2 aliphatic rings. The van der Waals surface area contributed by atoms with Crippen molar-refractivity contribution in [3.05, 3.63) is 89.3 Å². The predicted octanol–water partition coefficient (Wildman–Crippen LogP) is 4.36. The van der Waals surface area contributed by atoms with E-state index in [0.29, 0.717) is 6.54 Å². The van der Waals surface area contributed by atoms with Gasteiger partial charge < -0.3 is 5.32 Å². The van der Waals surface area contributed by atoms with Crippen molar-refractivity contribution in [3.63, 3.8) is 0 Å². The Morgan fingerprint density at radius 1 is 1.00 bits per heavy atom. The van der Waals surface area contributed by atoms with E-state index in [1.54, 1.807) is 0 Å². The molecule has 188 valence electrons. The van der Waals surface area contributed by atoms with Crippen molar-refractivity contribution >= 4 is 11.5 Å². The number of carbonyl (C=O) groups excluding carboxylic acids is 1. The van der Waals surface area contributed by atoms with Crippen molar-refractivity contribution in [2.75, 3.05) is 32.7 Å². The smallest absolute Gasteiger partial charge is 0.234 e. The quantitative estimate of drug-likeness (QED) is 0.543. The number of nitrogens with zero attached hydrogens (tertiary/aromatic N) is 4. The number of aryl methyl sites for hydroxylation is 2. The molecule has 0 spiro atoms. The largest absolute Gasteiger partial charge is 0.352 e. The van der Waals surface area contributed by atoms with Gasteiger partial charge in [0.05, 0.1) is 18.4 Å². The molecule has 1 N–H and O–H groups in total. The average Bonchev–Trinajstić information content (AvgIpc) is 3.38. The first kappa shape index (κ1) is 24.5. The minimum absolute atomic E-state index is 0.149.